The van der Waals surface area contributed by atoms with Gasteiger partial charge in [-0.15, -0.1) is 0 Å². The molecule has 0 amide bonds. The van der Waals surface area contributed by atoms with Crippen LogP contribution in [0.1, 0.15) is 43.1 Å². The third kappa shape index (κ3) is 2.76. The predicted molar refractivity (Wildman–Crippen MR) is 70.1 cm³/mol. The Hall–Kier alpha value is -1.68. The van der Waals surface area contributed by atoms with Crippen molar-refractivity contribution < 1.29 is 4.52 Å². The number of hydrogen-bond acceptors (Lipinski definition) is 4. The van der Waals surface area contributed by atoms with Crippen LogP contribution in [0.4, 0.5) is 0 Å². The van der Waals surface area contributed by atoms with Crippen molar-refractivity contribution in [1.29, 1.82) is 0 Å². The molecule has 2 N–H and O–H groups in total. The van der Waals surface area contributed by atoms with Crippen LogP contribution in [0.15, 0.2) is 28.8 Å². The summed E-state index contributed by atoms with van der Waals surface area (Å²) in [6.45, 7) is 5.99. The SMILES string of the molecule is CCC(C)(N)c1noc(Cc2ccc(C)cc2)n1. The van der Waals surface area contributed by atoms with E-state index < -0.39 is 5.54 Å². The lowest BCUT2D eigenvalue weighted by Crippen LogP contribution is -2.33. The molecule has 0 saturated heterocycles. The Kier molecular flexibility index (Phi) is 3.48. The van der Waals surface area contributed by atoms with Crippen molar-refractivity contribution in [1.82, 2.24) is 10.1 Å². The molecule has 1 aromatic carbocycles. The van der Waals surface area contributed by atoms with Crippen LogP contribution in [0, 0.1) is 6.92 Å². The van der Waals surface area contributed by atoms with E-state index in [2.05, 4.69) is 41.3 Å². The topological polar surface area (TPSA) is 64.9 Å². The molecule has 0 spiro atoms. The monoisotopic (exact) mass is 245 g/mol. The van der Waals surface area contributed by atoms with E-state index in [1.165, 1.54) is 5.56 Å². The molecule has 0 saturated carbocycles. The number of hydrogen-bond donors (Lipinski definition) is 1. The van der Waals surface area contributed by atoms with Crippen molar-refractivity contribution in [3.63, 3.8) is 0 Å². The number of nitrogens with two attached hydrogens (primary N) is 1. The van der Waals surface area contributed by atoms with Gasteiger partial charge in [-0.3, -0.25) is 0 Å². The molecule has 0 fully saturated rings. The van der Waals surface area contributed by atoms with Crippen LogP contribution in [0.25, 0.3) is 0 Å². The molecule has 1 aromatic heterocycles. The third-order valence-electron chi connectivity index (χ3n) is 3.19. The number of nitrogens with zero attached hydrogens (tertiary/aromatic N) is 2. The van der Waals surface area contributed by atoms with Crippen molar-refractivity contribution in [3.8, 4) is 0 Å². The summed E-state index contributed by atoms with van der Waals surface area (Å²) >= 11 is 0. The lowest BCUT2D eigenvalue weighted by atomic mass is 10.00. The van der Waals surface area contributed by atoms with E-state index in [-0.39, 0.29) is 0 Å². The van der Waals surface area contributed by atoms with E-state index in [1.807, 2.05) is 13.8 Å². The summed E-state index contributed by atoms with van der Waals surface area (Å²) in [4.78, 5) is 4.37. The zero-order valence-corrected chi connectivity index (χ0v) is 11.1. The molecule has 0 aliphatic heterocycles. The summed E-state index contributed by atoms with van der Waals surface area (Å²) in [7, 11) is 0. The molecule has 1 heterocycles. The Labute approximate surface area is 107 Å². The number of aryl methyl sites for hydroxylation is 1. The fraction of sp³-hybridized carbons (Fsp3) is 0.429. The average molecular weight is 245 g/mol. The largest absolute Gasteiger partial charge is 0.339 e. The Balaban J connectivity index is 2.14. The Morgan fingerprint density at radius 2 is 1.94 bits per heavy atom. The molecule has 0 bridgehead atoms. The van der Waals surface area contributed by atoms with E-state index in [4.69, 9.17) is 10.3 Å². The predicted octanol–water partition coefficient (Wildman–Crippen LogP) is 2.55. The Morgan fingerprint density at radius 3 is 2.56 bits per heavy atom. The first kappa shape index (κ1) is 12.8. The smallest absolute Gasteiger partial charge is 0.231 e. The lowest BCUT2D eigenvalue weighted by molar-refractivity contribution is 0.356. The van der Waals surface area contributed by atoms with Crippen molar-refractivity contribution in [2.75, 3.05) is 0 Å². The van der Waals surface area contributed by atoms with Crippen LogP contribution < -0.4 is 5.73 Å². The summed E-state index contributed by atoms with van der Waals surface area (Å²) in [5.74, 6) is 1.19. The minimum atomic E-state index is -0.519. The molecule has 4 heteroatoms. The summed E-state index contributed by atoms with van der Waals surface area (Å²) in [5, 5.41) is 3.96. The van der Waals surface area contributed by atoms with Gasteiger partial charge in [0.1, 0.15) is 0 Å². The van der Waals surface area contributed by atoms with Crippen LogP contribution in [-0.2, 0) is 12.0 Å². The first-order valence-electron chi connectivity index (χ1n) is 6.19. The number of aromatic nitrogens is 2. The van der Waals surface area contributed by atoms with Crippen LogP contribution >= 0.6 is 0 Å². The molecule has 18 heavy (non-hydrogen) atoms. The fourth-order valence-corrected chi connectivity index (χ4v) is 1.60. The van der Waals surface area contributed by atoms with Gasteiger partial charge in [-0.25, -0.2) is 0 Å². The number of benzene rings is 1. The molecule has 96 valence electrons. The van der Waals surface area contributed by atoms with Gasteiger partial charge < -0.3 is 10.3 Å². The van der Waals surface area contributed by atoms with E-state index >= 15 is 0 Å². The van der Waals surface area contributed by atoms with Gasteiger partial charge in [-0.2, -0.15) is 4.98 Å². The van der Waals surface area contributed by atoms with Gasteiger partial charge in [0.05, 0.1) is 12.0 Å². The normalized spacial score (nSPS) is 14.4. The van der Waals surface area contributed by atoms with Crippen molar-refractivity contribution in [3.05, 3.63) is 47.1 Å². The Bertz CT molecular complexity index is 514. The maximum Gasteiger partial charge on any atom is 0.231 e. The molecule has 4 nitrogen and oxygen atoms in total. The number of rotatable bonds is 4. The molecule has 2 rings (SSSR count). The summed E-state index contributed by atoms with van der Waals surface area (Å²) in [5.41, 5.74) is 7.96. The van der Waals surface area contributed by atoms with Crippen molar-refractivity contribution in [2.45, 2.75) is 39.2 Å². The minimum absolute atomic E-state index is 0.519. The molecule has 0 aliphatic carbocycles. The first-order valence-corrected chi connectivity index (χ1v) is 6.19. The molecular formula is C14H19N3O. The fourth-order valence-electron chi connectivity index (χ4n) is 1.60. The third-order valence-corrected chi connectivity index (χ3v) is 3.19. The average Bonchev–Trinajstić information content (AvgIpc) is 2.81. The zero-order valence-electron chi connectivity index (χ0n) is 11.1. The molecule has 0 radical (unpaired) electrons. The summed E-state index contributed by atoms with van der Waals surface area (Å²) < 4.78 is 5.25. The van der Waals surface area contributed by atoms with Gasteiger partial charge in [-0.05, 0) is 25.8 Å². The van der Waals surface area contributed by atoms with E-state index in [1.54, 1.807) is 0 Å². The second-order valence-corrected chi connectivity index (χ2v) is 4.95. The molecular weight excluding hydrogens is 226 g/mol. The van der Waals surface area contributed by atoms with Crippen LogP contribution in [0.5, 0.6) is 0 Å². The zero-order chi connectivity index (χ0) is 13.2. The Morgan fingerprint density at radius 1 is 1.28 bits per heavy atom. The van der Waals surface area contributed by atoms with Gasteiger partial charge in [0.2, 0.25) is 5.89 Å². The standard InChI is InChI=1S/C14H19N3O/c1-4-14(3,15)13-16-12(18-17-13)9-11-7-5-10(2)6-8-11/h5-8H,4,9,15H2,1-3H3. The van der Waals surface area contributed by atoms with Gasteiger partial charge in [0.25, 0.3) is 0 Å². The second kappa shape index (κ2) is 4.90. The molecule has 0 aliphatic rings. The maximum atomic E-state index is 6.08. The summed E-state index contributed by atoms with van der Waals surface area (Å²) in [6, 6.07) is 8.29. The van der Waals surface area contributed by atoms with Crippen molar-refractivity contribution in [2.24, 2.45) is 5.73 Å². The lowest BCUT2D eigenvalue weighted by Gasteiger charge is -2.16. The second-order valence-electron chi connectivity index (χ2n) is 4.95. The molecule has 1 atom stereocenters. The minimum Gasteiger partial charge on any atom is -0.339 e. The van der Waals surface area contributed by atoms with Gasteiger partial charge >= 0.3 is 0 Å². The first-order chi connectivity index (χ1) is 8.51. The highest BCUT2D eigenvalue weighted by Gasteiger charge is 2.25. The van der Waals surface area contributed by atoms with E-state index in [0.29, 0.717) is 18.1 Å². The highest BCUT2D eigenvalue weighted by molar-refractivity contribution is 5.23. The van der Waals surface area contributed by atoms with E-state index in [0.717, 1.165) is 12.0 Å². The highest BCUT2D eigenvalue weighted by Crippen LogP contribution is 2.18. The molecule has 2 aromatic rings. The van der Waals surface area contributed by atoms with Gasteiger partial charge in [0.15, 0.2) is 5.82 Å². The van der Waals surface area contributed by atoms with Crippen molar-refractivity contribution >= 4 is 0 Å². The maximum absolute atomic E-state index is 6.08. The van der Waals surface area contributed by atoms with E-state index in [9.17, 15) is 0 Å². The molecule has 1 unspecified atom stereocenters. The highest BCUT2D eigenvalue weighted by atomic mass is 16.5. The summed E-state index contributed by atoms with van der Waals surface area (Å²) in [6.07, 6.45) is 1.42. The quantitative estimate of drug-likeness (QED) is 0.899. The van der Waals surface area contributed by atoms with Crippen LogP contribution in [0.3, 0.4) is 0 Å². The van der Waals surface area contributed by atoms with Gasteiger partial charge in [0, 0.05) is 0 Å². The van der Waals surface area contributed by atoms with Crippen LogP contribution in [-0.4, -0.2) is 10.1 Å². The van der Waals surface area contributed by atoms with Gasteiger partial charge in [-0.1, -0.05) is 41.9 Å². The van der Waals surface area contributed by atoms with Crippen LogP contribution in [0.2, 0.25) is 0 Å².